The third-order valence-corrected chi connectivity index (χ3v) is 6.71. The van der Waals surface area contributed by atoms with Crippen molar-refractivity contribution in [3.63, 3.8) is 0 Å². The van der Waals surface area contributed by atoms with E-state index in [0.717, 1.165) is 11.1 Å². The number of nitrogens with zero attached hydrogens (tertiary/aromatic N) is 1. The highest BCUT2D eigenvalue weighted by molar-refractivity contribution is 5.91. The average Bonchev–Trinajstić information content (AvgIpc) is 3.38. The molecule has 3 aromatic carbocycles. The number of amides is 2. The Balaban J connectivity index is 1.52. The van der Waals surface area contributed by atoms with Gasteiger partial charge in [-0.05, 0) is 28.8 Å². The molecule has 0 saturated carbocycles. The van der Waals surface area contributed by atoms with E-state index in [0.29, 0.717) is 30.3 Å². The van der Waals surface area contributed by atoms with Crippen molar-refractivity contribution in [1.82, 2.24) is 10.2 Å². The molecule has 40 heavy (non-hydrogen) atoms. The van der Waals surface area contributed by atoms with Gasteiger partial charge in [0.05, 0.1) is 13.2 Å². The molecule has 0 radical (unpaired) electrons. The van der Waals surface area contributed by atoms with Crippen LogP contribution in [0.25, 0.3) is 0 Å². The first-order valence-corrected chi connectivity index (χ1v) is 13.1. The summed E-state index contributed by atoms with van der Waals surface area (Å²) in [6.45, 7) is 2.08. The molecule has 3 atom stereocenters. The number of rotatable bonds is 11. The number of hydrogen-bond acceptors (Lipinski definition) is 7. The zero-order valence-corrected chi connectivity index (χ0v) is 22.6. The normalized spacial score (nSPS) is 17.1. The van der Waals surface area contributed by atoms with E-state index < -0.39 is 30.1 Å². The Hall–Kier alpha value is -4.37. The molecule has 9 nitrogen and oxygen atoms in total. The van der Waals surface area contributed by atoms with Gasteiger partial charge in [0.1, 0.15) is 25.3 Å². The van der Waals surface area contributed by atoms with Gasteiger partial charge in [0.2, 0.25) is 11.8 Å². The number of methoxy groups -OCH3 is 1. The second-order valence-electron chi connectivity index (χ2n) is 9.69. The van der Waals surface area contributed by atoms with E-state index in [1.54, 1.807) is 18.2 Å². The number of aliphatic hydroxyl groups excluding tert-OH is 1. The lowest BCUT2D eigenvalue weighted by Gasteiger charge is -2.25. The van der Waals surface area contributed by atoms with Crippen LogP contribution in [0.2, 0.25) is 0 Å². The maximum atomic E-state index is 13.1. The fourth-order valence-electron chi connectivity index (χ4n) is 4.63. The molecule has 0 unspecified atom stereocenters. The van der Waals surface area contributed by atoms with Crippen molar-refractivity contribution in [1.29, 1.82) is 0 Å². The van der Waals surface area contributed by atoms with Crippen molar-refractivity contribution in [3.8, 4) is 11.5 Å². The molecule has 1 fully saturated rings. The summed E-state index contributed by atoms with van der Waals surface area (Å²) in [4.78, 5) is 39.0. The Morgan fingerprint density at radius 2 is 1.50 bits per heavy atom. The quantitative estimate of drug-likeness (QED) is 0.356. The minimum atomic E-state index is -1.01. The zero-order chi connectivity index (χ0) is 28.5. The maximum Gasteiger partial charge on any atom is 0.328 e. The first-order valence-electron chi connectivity index (χ1n) is 13.1. The van der Waals surface area contributed by atoms with Crippen molar-refractivity contribution >= 4 is 17.8 Å². The van der Waals surface area contributed by atoms with E-state index in [2.05, 4.69) is 5.32 Å². The number of esters is 1. The predicted molar refractivity (Wildman–Crippen MR) is 147 cm³/mol. The van der Waals surface area contributed by atoms with Crippen molar-refractivity contribution in [2.45, 2.75) is 51.2 Å². The molecule has 0 bridgehead atoms. The number of nitrogens with one attached hydrogen (secondary N) is 1. The van der Waals surface area contributed by atoms with Crippen LogP contribution in [0.4, 0.5) is 0 Å². The van der Waals surface area contributed by atoms with Crippen LogP contribution in [0.1, 0.15) is 30.0 Å². The second-order valence-corrected chi connectivity index (χ2v) is 9.69. The molecule has 3 aromatic rings. The summed E-state index contributed by atoms with van der Waals surface area (Å²) in [6.07, 6.45) is -0.581. The van der Waals surface area contributed by atoms with Crippen molar-refractivity contribution in [2.75, 3.05) is 13.7 Å². The zero-order valence-electron chi connectivity index (χ0n) is 22.6. The topological polar surface area (TPSA) is 114 Å². The minimum Gasteiger partial charge on any atom is -0.485 e. The summed E-state index contributed by atoms with van der Waals surface area (Å²) in [5.41, 5.74) is 2.70. The van der Waals surface area contributed by atoms with Crippen LogP contribution < -0.4 is 14.8 Å². The van der Waals surface area contributed by atoms with E-state index in [9.17, 15) is 19.5 Å². The highest BCUT2D eigenvalue weighted by atomic mass is 16.5. The molecule has 2 amide bonds. The van der Waals surface area contributed by atoms with Crippen molar-refractivity contribution in [2.24, 2.45) is 0 Å². The molecule has 1 aliphatic heterocycles. The van der Waals surface area contributed by atoms with Crippen LogP contribution >= 0.6 is 0 Å². The molecule has 2 N–H and O–H groups in total. The molecule has 1 heterocycles. The monoisotopic (exact) mass is 546 g/mol. The van der Waals surface area contributed by atoms with Crippen LogP contribution in [0.15, 0.2) is 78.9 Å². The van der Waals surface area contributed by atoms with Gasteiger partial charge in [0.25, 0.3) is 0 Å². The van der Waals surface area contributed by atoms with Crippen LogP contribution in [-0.4, -0.2) is 59.6 Å². The predicted octanol–water partition coefficient (Wildman–Crippen LogP) is 3.03. The molecular weight excluding hydrogens is 512 g/mol. The average molecular weight is 547 g/mol. The molecule has 0 aromatic heterocycles. The molecule has 0 spiro atoms. The number of hydrogen-bond donors (Lipinski definition) is 2. The molecule has 1 aliphatic rings. The van der Waals surface area contributed by atoms with Gasteiger partial charge in [-0.1, -0.05) is 66.7 Å². The molecular formula is C31H34N2O7. The van der Waals surface area contributed by atoms with Gasteiger partial charge in [0, 0.05) is 26.3 Å². The summed E-state index contributed by atoms with van der Waals surface area (Å²) < 4.78 is 17.2. The summed E-state index contributed by atoms with van der Waals surface area (Å²) in [5, 5.41) is 12.7. The Labute approximate surface area is 233 Å². The summed E-state index contributed by atoms with van der Waals surface area (Å²) in [7, 11) is 1.25. The van der Waals surface area contributed by atoms with Gasteiger partial charge >= 0.3 is 5.97 Å². The Morgan fingerprint density at radius 3 is 2.08 bits per heavy atom. The van der Waals surface area contributed by atoms with Gasteiger partial charge in [-0.3, -0.25) is 9.59 Å². The van der Waals surface area contributed by atoms with E-state index in [1.807, 2.05) is 60.7 Å². The third kappa shape index (κ3) is 7.60. The standard InChI is InChI=1S/C31H34N2O7/c1-21(34)33-18-25(35)17-27(33)30(36)32-26(31(37)38-2)15-24-13-14-28(39-19-22-9-5-3-6-10-22)29(16-24)40-20-23-11-7-4-8-12-23/h3-14,16,25-27,35H,15,17-20H2,1-2H3,(H,32,36)/t25-,26-,27+/m1/s1. The fourth-order valence-corrected chi connectivity index (χ4v) is 4.63. The van der Waals surface area contributed by atoms with E-state index >= 15 is 0 Å². The van der Waals surface area contributed by atoms with Gasteiger partial charge < -0.3 is 29.5 Å². The van der Waals surface area contributed by atoms with Crippen LogP contribution in [0, 0.1) is 0 Å². The van der Waals surface area contributed by atoms with Crippen molar-refractivity contribution in [3.05, 3.63) is 95.6 Å². The number of carbonyl (C=O) groups excluding carboxylic acids is 3. The number of carbonyl (C=O) groups is 3. The lowest BCUT2D eigenvalue weighted by molar-refractivity contribution is -0.146. The second kappa shape index (κ2) is 13.6. The summed E-state index contributed by atoms with van der Waals surface area (Å²) >= 11 is 0. The number of aliphatic hydroxyl groups is 1. The number of β-amino-alcohol motifs (C(OH)–C–C–N with tert-alkyl or cyclic N) is 1. The Kier molecular flexibility index (Phi) is 9.75. The summed E-state index contributed by atoms with van der Waals surface area (Å²) in [6, 6.07) is 23.0. The van der Waals surface area contributed by atoms with Crippen LogP contribution in [-0.2, 0) is 38.8 Å². The van der Waals surface area contributed by atoms with Gasteiger partial charge in [0.15, 0.2) is 11.5 Å². The first-order chi connectivity index (χ1) is 19.3. The van der Waals surface area contributed by atoms with E-state index in [-0.39, 0.29) is 25.3 Å². The largest absolute Gasteiger partial charge is 0.485 e. The maximum absolute atomic E-state index is 13.1. The highest BCUT2D eigenvalue weighted by Crippen LogP contribution is 2.31. The number of likely N-dealkylation sites (tertiary alicyclic amines) is 1. The fraction of sp³-hybridized carbons (Fsp3) is 0.323. The lowest BCUT2D eigenvalue weighted by atomic mass is 10.0. The summed E-state index contributed by atoms with van der Waals surface area (Å²) in [5.74, 6) is -0.436. The van der Waals surface area contributed by atoms with E-state index in [1.165, 1.54) is 18.9 Å². The smallest absolute Gasteiger partial charge is 0.328 e. The molecule has 1 saturated heterocycles. The number of ether oxygens (including phenoxy) is 3. The molecule has 4 rings (SSSR count). The minimum absolute atomic E-state index is 0.0723. The molecule has 0 aliphatic carbocycles. The SMILES string of the molecule is COC(=O)[C@@H](Cc1ccc(OCc2ccccc2)c(OCc2ccccc2)c1)NC(=O)[C@@H]1C[C@@H](O)CN1C(C)=O. The Morgan fingerprint density at radius 1 is 0.900 bits per heavy atom. The van der Waals surface area contributed by atoms with E-state index in [4.69, 9.17) is 14.2 Å². The van der Waals surface area contributed by atoms with Gasteiger partial charge in [-0.25, -0.2) is 4.79 Å². The van der Waals surface area contributed by atoms with Gasteiger partial charge in [-0.15, -0.1) is 0 Å². The van der Waals surface area contributed by atoms with Crippen molar-refractivity contribution < 1.29 is 33.7 Å². The Bertz CT molecular complexity index is 1300. The molecule has 210 valence electrons. The lowest BCUT2D eigenvalue weighted by Crippen LogP contribution is -2.51. The first kappa shape index (κ1) is 28.6. The van der Waals surface area contributed by atoms with Gasteiger partial charge in [-0.2, -0.15) is 0 Å². The third-order valence-electron chi connectivity index (χ3n) is 6.71. The molecule has 9 heteroatoms. The van der Waals surface area contributed by atoms with Crippen LogP contribution in [0.3, 0.4) is 0 Å². The number of benzene rings is 3. The van der Waals surface area contributed by atoms with Crippen LogP contribution in [0.5, 0.6) is 11.5 Å². The highest BCUT2D eigenvalue weighted by Gasteiger charge is 2.39.